The van der Waals surface area contributed by atoms with Gasteiger partial charge in [-0.25, -0.2) is 0 Å². The summed E-state index contributed by atoms with van der Waals surface area (Å²) in [5, 5.41) is 0. The highest BCUT2D eigenvalue weighted by Gasteiger charge is 2.01. The molecule has 0 amide bonds. The monoisotopic (exact) mass is 211 g/mol. The molecule has 0 aliphatic carbocycles. The van der Waals surface area contributed by atoms with Crippen LogP contribution in [0.15, 0.2) is 42.5 Å². The van der Waals surface area contributed by atoms with E-state index in [4.69, 9.17) is 0 Å². The number of carbonyl (C=O) groups is 1. The highest BCUT2D eigenvalue weighted by molar-refractivity contribution is 5.94. The summed E-state index contributed by atoms with van der Waals surface area (Å²) in [5.41, 5.74) is 3.70. The number of aryl methyl sites for hydroxylation is 1. The first-order chi connectivity index (χ1) is 7.66. The third-order valence-electron chi connectivity index (χ3n) is 2.48. The van der Waals surface area contributed by atoms with Crippen LogP contribution in [0.25, 0.3) is 11.3 Å². The molecule has 0 saturated carbocycles. The van der Waals surface area contributed by atoms with Gasteiger partial charge in [0.25, 0.3) is 0 Å². The van der Waals surface area contributed by atoms with Gasteiger partial charge in [-0.1, -0.05) is 30.3 Å². The molecule has 0 atom stereocenters. The van der Waals surface area contributed by atoms with Gasteiger partial charge in [-0.2, -0.15) is 0 Å². The largest absolute Gasteiger partial charge is 0.295 e. The molecule has 2 rings (SSSR count). The van der Waals surface area contributed by atoms with Crippen molar-refractivity contribution in [2.24, 2.45) is 0 Å². The lowest BCUT2D eigenvalue weighted by molar-refractivity contribution is 0.101. The average molecular weight is 211 g/mol. The van der Waals surface area contributed by atoms with Crippen molar-refractivity contribution >= 4 is 5.78 Å². The van der Waals surface area contributed by atoms with E-state index in [2.05, 4.69) is 4.98 Å². The summed E-state index contributed by atoms with van der Waals surface area (Å²) in [6, 6.07) is 13.4. The minimum atomic E-state index is 0.0868. The fraction of sp³-hybridized carbons (Fsp3) is 0.143. The van der Waals surface area contributed by atoms with E-state index in [0.29, 0.717) is 0 Å². The molecule has 1 heterocycles. The van der Waals surface area contributed by atoms with Crippen LogP contribution in [0.1, 0.15) is 23.0 Å². The van der Waals surface area contributed by atoms with Crippen LogP contribution in [-0.4, -0.2) is 10.8 Å². The molecule has 0 bridgehead atoms. The maximum absolute atomic E-state index is 11.1. The standard InChI is InChI=1S/C14H13NO/c1-10-4-3-5-14(15-10)13-8-6-12(7-9-13)11(2)16/h3-9H,1-2H3. The van der Waals surface area contributed by atoms with Crippen LogP contribution >= 0.6 is 0 Å². The SMILES string of the molecule is CC(=O)c1ccc(-c2cccc(C)n2)cc1. The topological polar surface area (TPSA) is 30.0 Å². The van der Waals surface area contributed by atoms with E-state index in [9.17, 15) is 4.79 Å². The van der Waals surface area contributed by atoms with E-state index >= 15 is 0 Å². The highest BCUT2D eigenvalue weighted by Crippen LogP contribution is 2.17. The number of nitrogens with zero attached hydrogens (tertiary/aromatic N) is 1. The molecule has 0 fully saturated rings. The summed E-state index contributed by atoms with van der Waals surface area (Å²) in [6.45, 7) is 3.54. The molecule has 80 valence electrons. The van der Waals surface area contributed by atoms with E-state index in [-0.39, 0.29) is 5.78 Å². The molecular weight excluding hydrogens is 198 g/mol. The Hall–Kier alpha value is -1.96. The van der Waals surface area contributed by atoms with Gasteiger partial charge in [0.2, 0.25) is 0 Å². The number of rotatable bonds is 2. The number of ketones is 1. The summed E-state index contributed by atoms with van der Waals surface area (Å²) in [6.07, 6.45) is 0. The molecule has 2 aromatic rings. The van der Waals surface area contributed by atoms with Gasteiger partial charge in [0.05, 0.1) is 5.69 Å². The summed E-state index contributed by atoms with van der Waals surface area (Å²) in [5.74, 6) is 0.0868. The lowest BCUT2D eigenvalue weighted by Crippen LogP contribution is -1.92. The van der Waals surface area contributed by atoms with E-state index in [0.717, 1.165) is 22.5 Å². The van der Waals surface area contributed by atoms with Crippen molar-refractivity contribution in [1.82, 2.24) is 4.98 Å². The maximum atomic E-state index is 11.1. The van der Waals surface area contributed by atoms with Crippen LogP contribution in [0, 0.1) is 6.92 Å². The van der Waals surface area contributed by atoms with Gasteiger partial charge in [-0.05, 0) is 26.0 Å². The van der Waals surface area contributed by atoms with Crippen LogP contribution in [-0.2, 0) is 0 Å². The van der Waals surface area contributed by atoms with Gasteiger partial charge >= 0.3 is 0 Å². The molecule has 1 aromatic carbocycles. The Morgan fingerprint density at radius 3 is 2.31 bits per heavy atom. The third-order valence-corrected chi connectivity index (χ3v) is 2.48. The van der Waals surface area contributed by atoms with Crippen molar-refractivity contribution in [1.29, 1.82) is 0 Å². The number of carbonyl (C=O) groups excluding carboxylic acids is 1. The van der Waals surface area contributed by atoms with Crippen molar-refractivity contribution in [2.45, 2.75) is 13.8 Å². The average Bonchev–Trinajstić information content (AvgIpc) is 2.29. The summed E-state index contributed by atoms with van der Waals surface area (Å²) in [4.78, 5) is 15.6. The summed E-state index contributed by atoms with van der Waals surface area (Å²) in [7, 11) is 0. The molecule has 0 aliphatic heterocycles. The number of pyridine rings is 1. The van der Waals surface area contributed by atoms with E-state index < -0.39 is 0 Å². The van der Waals surface area contributed by atoms with Crippen LogP contribution in [0.5, 0.6) is 0 Å². The Morgan fingerprint density at radius 1 is 1.06 bits per heavy atom. The van der Waals surface area contributed by atoms with Gasteiger partial charge in [0.15, 0.2) is 5.78 Å². The second-order valence-corrected chi connectivity index (χ2v) is 3.80. The number of benzene rings is 1. The molecule has 0 spiro atoms. The van der Waals surface area contributed by atoms with E-state index in [1.54, 1.807) is 6.92 Å². The zero-order chi connectivity index (χ0) is 11.5. The zero-order valence-corrected chi connectivity index (χ0v) is 9.40. The Bertz CT molecular complexity index is 515. The Labute approximate surface area is 95.0 Å². The molecule has 2 heteroatoms. The molecule has 0 unspecified atom stereocenters. The lowest BCUT2D eigenvalue weighted by Gasteiger charge is -2.02. The molecule has 0 saturated heterocycles. The smallest absolute Gasteiger partial charge is 0.159 e. The first-order valence-corrected chi connectivity index (χ1v) is 5.22. The minimum absolute atomic E-state index is 0.0868. The molecule has 16 heavy (non-hydrogen) atoms. The highest BCUT2D eigenvalue weighted by atomic mass is 16.1. The van der Waals surface area contributed by atoms with E-state index in [1.165, 1.54) is 0 Å². The first kappa shape index (κ1) is 10.6. The predicted octanol–water partition coefficient (Wildman–Crippen LogP) is 3.26. The fourth-order valence-electron chi connectivity index (χ4n) is 1.58. The van der Waals surface area contributed by atoms with Gasteiger partial charge in [-0.15, -0.1) is 0 Å². The van der Waals surface area contributed by atoms with Crippen molar-refractivity contribution in [3.63, 3.8) is 0 Å². The zero-order valence-electron chi connectivity index (χ0n) is 9.40. The number of aromatic nitrogens is 1. The Balaban J connectivity index is 2.38. The summed E-state index contributed by atoms with van der Waals surface area (Å²) >= 11 is 0. The molecule has 0 aliphatic rings. The second kappa shape index (κ2) is 4.27. The fourth-order valence-corrected chi connectivity index (χ4v) is 1.58. The quantitative estimate of drug-likeness (QED) is 0.714. The maximum Gasteiger partial charge on any atom is 0.159 e. The third kappa shape index (κ3) is 2.16. The van der Waals surface area contributed by atoms with Gasteiger partial charge < -0.3 is 0 Å². The van der Waals surface area contributed by atoms with Crippen LogP contribution in [0.4, 0.5) is 0 Å². The molecule has 0 N–H and O–H groups in total. The number of hydrogen-bond donors (Lipinski definition) is 0. The lowest BCUT2D eigenvalue weighted by atomic mass is 10.1. The van der Waals surface area contributed by atoms with Crippen molar-refractivity contribution in [3.8, 4) is 11.3 Å². The number of hydrogen-bond acceptors (Lipinski definition) is 2. The van der Waals surface area contributed by atoms with Crippen molar-refractivity contribution < 1.29 is 4.79 Å². The van der Waals surface area contributed by atoms with Gasteiger partial charge in [0, 0.05) is 16.8 Å². The minimum Gasteiger partial charge on any atom is -0.295 e. The Morgan fingerprint density at radius 2 is 1.75 bits per heavy atom. The molecular formula is C14H13NO. The van der Waals surface area contributed by atoms with Crippen molar-refractivity contribution in [2.75, 3.05) is 0 Å². The van der Waals surface area contributed by atoms with E-state index in [1.807, 2.05) is 49.4 Å². The van der Waals surface area contributed by atoms with Gasteiger partial charge in [-0.3, -0.25) is 9.78 Å². The molecule has 2 nitrogen and oxygen atoms in total. The predicted molar refractivity (Wildman–Crippen MR) is 64.4 cm³/mol. The van der Waals surface area contributed by atoms with Crippen LogP contribution in [0.2, 0.25) is 0 Å². The van der Waals surface area contributed by atoms with Crippen molar-refractivity contribution in [3.05, 3.63) is 53.7 Å². The Kier molecular flexibility index (Phi) is 2.82. The second-order valence-electron chi connectivity index (χ2n) is 3.80. The van der Waals surface area contributed by atoms with Crippen LogP contribution in [0.3, 0.4) is 0 Å². The molecule has 1 aromatic heterocycles. The number of Topliss-reactive ketones (excluding diaryl/α,β-unsaturated/α-hetero) is 1. The first-order valence-electron chi connectivity index (χ1n) is 5.22. The molecule has 0 radical (unpaired) electrons. The van der Waals surface area contributed by atoms with Crippen LogP contribution < -0.4 is 0 Å². The normalized spacial score (nSPS) is 10.1. The van der Waals surface area contributed by atoms with Gasteiger partial charge in [0.1, 0.15) is 0 Å². The summed E-state index contributed by atoms with van der Waals surface area (Å²) < 4.78 is 0.